The van der Waals surface area contributed by atoms with E-state index in [1.807, 2.05) is 19.1 Å². The number of aryl methyl sites for hydroxylation is 1. The van der Waals surface area contributed by atoms with Crippen molar-refractivity contribution in [1.29, 1.82) is 0 Å². The number of amides is 1. The van der Waals surface area contributed by atoms with Gasteiger partial charge in [-0.05, 0) is 48.9 Å². The smallest absolute Gasteiger partial charge is 0.243 e. The van der Waals surface area contributed by atoms with Crippen molar-refractivity contribution in [3.05, 3.63) is 93.5 Å². The van der Waals surface area contributed by atoms with Crippen molar-refractivity contribution in [2.75, 3.05) is 13.7 Å². The number of hydrogen-bond acceptors (Lipinski definition) is 4. The van der Waals surface area contributed by atoms with Crippen molar-refractivity contribution in [3.8, 4) is 5.75 Å². The second kappa shape index (κ2) is 11.0. The number of halogens is 2. The zero-order chi connectivity index (χ0) is 24.0. The summed E-state index contributed by atoms with van der Waals surface area (Å²) in [6.45, 7) is 1.57. The first-order valence-electron chi connectivity index (χ1n) is 10.1. The molecule has 0 saturated heterocycles. The molecule has 0 aromatic heterocycles. The van der Waals surface area contributed by atoms with Crippen LogP contribution in [0.4, 0.5) is 0 Å². The molecule has 0 saturated carbocycles. The SMILES string of the molecule is COc1ccc(CNC(=O)CN(Cc2c(Cl)cccc2Cl)S(=O)(=O)c2ccc(C)cc2)cc1. The number of ether oxygens (including phenoxy) is 1. The van der Waals surface area contributed by atoms with Crippen LogP contribution >= 0.6 is 23.2 Å². The minimum atomic E-state index is -4.00. The van der Waals surface area contributed by atoms with Crippen LogP contribution in [0, 0.1) is 6.92 Å². The molecule has 0 atom stereocenters. The summed E-state index contributed by atoms with van der Waals surface area (Å²) in [5.74, 6) is 0.252. The molecule has 174 valence electrons. The Labute approximate surface area is 204 Å². The molecule has 9 heteroatoms. The maximum Gasteiger partial charge on any atom is 0.243 e. The molecule has 3 rings (SSSR count). The molecule has 0 aliphatic carbocycles. The Morgan fingerprint density at radius 3 is 2.15 bits per heavy atom. The fraction of sp³-hybridized carbons (Fsp3) is 0.208. The van der Waals surface area contributed by atoms with Gasteiger partial charge in [0, 0.05) is 28.7 Å². The molecule has 3 aromatic rings. The highest BCUT2D eigenvalue weighted by atomic mass is 35.5. The molecule has 0 heterocycles. The van der Waals surface area contributed by atoms with Crippen LogP contribution in [-0.4, -0.2) is 32.3 Å². The lowest BCUT2D eigenvalue weighted by molar-refractivity contribution is -0.121. The lowest BCUT2D eigenvalue weighted by atomic mass is 10.2. The lowest BCUT2D eigenvalue weighted by Crippen LogP contribution is -2.40. The van der Waals surface area contributed by atoms with Crippen LogP contribution in [0.5, 0.6) is 5.75 Å². The van der Waals surface area contributed by atoms with E-state index in [1.165, 1.54) is 12.1 Å². The van der Waals surface area contributed by atoms with Gasteiger partial charge in [-0.3, -0.25) is 4.79 Å². The number of methoxy groups -OCH3 is 1. The lowest BCUT2D eigenvalue weighted by Gasteiger charge is -2.23. The minimum absolute atomic E-state index is 0.0826. The molecule has 0 spiro atoms. The molecule has 3 aromatic carbocycles. The topological polar surface area (TPSA) is 75.7 Å². The Balaban J connectivity index is 1.82. The van der Waals surface area contributed by atoms with Crippen molar-refractivity contribution in [2.24, 2.45) is 0 Å². The van der Waals surface area contributed by atoms with Gasteiger partial charge >= 0.3 is 0 Å². The Morgan fingerprint density at radius 2 is 1.58 bits per heavy atom. The number of hydrogen-bond donors (Lipinski definition) is 1. The van der Waals surface area contributed by atoms with Crippen molar-refractivity contribution < 1.29 is 17.9 Å². The van der Waals surface area contributed by atoms with Crippen LogP contribution in [0.25, 0.3) is 0 Å². The zero-order valence-electron chi connectivity index (χ0n) is 18.2. The predicted molar refractivity (Wildman–Crippen MR) is 130 cm³/mol. The summed E-state index contributed by atoms with van der Waals surface area (Å²) in [4.78, 5) is 12.8. The molecule has 0 bridgehead atoms. The van der Waals surface area contributed by atoms with E-state index >= 15 is 0 Å². The third-order valence-electron chi connectivity index (χ3n) is 5.02. The summed E-state index contributed by atoms with van der Waals surface area (Å²) in [7, 11) is -2.42. The molecule has 1 amide bonds. The number of benzene rings is 3. The van der Waals surface area contributed by atoms with Crippen molar-refractivity contribution in [1.82, 2.24) is 9.62 Å². The first-order chi connectivity index (χ1) is 15.7. The van der Waals surface area contributed by atoms with Crippen molar-refractivity contribution >= 4 is 39.1 Å². The Hall–Kier alpha value is -2.58. The van der Waals surface area contributed by atoms with Crippen molar-refractivity contribution in [2.45, 2.75) is 24.9 Å². The van der Waals surface area contributed by atoms with E-state index in [1.54, 1.807) is 49.6 Å². The first kappa shape index (κ1) is 25.1. The van der Waals surface area contributed by atoms with Gasteiger partial charge in [0.15, 0.2) is 0 Å². The number of nitrogens with one attached hydrogen (secondary N) is 1. The van der Waals surface area contributed by atoms with Gasteiger partial charge in [0.1, 0.15) is 5.75 Å². The molecule has 0 unspecified atom stereocenters. The van der Waals surface area contributed by atoms with Crippen LogP contribution in [0.1, 0.15) is 16.7 Å². The highest BCUT2D eigenvalue weighted by Gasteiger charge is 2.28. The Bertz CT molecular complexity index is 1190. The fourth-order valence-corrected chi connectivity index (χ4v) is 4.99. The molecule has 6 nitrogen and oxygen atoms in total. The molecule has 0 fully saturated rings. The average Bonchev–Trinajstić information content (AvgIpc) is 2.80. The maximum atomic E-state index is 13.4. The monoisotopic (exact) mass is 506 g/mol. The highest BCUT2D eigenvalue weighted by Crippen LogP contribution is 2.28. The summed E-state index contributed by atoms with van der Waals surface area (Å²) in [5.41, 5.74) is 2.21. The number of nitrogens with zero attached hydrogens (tertiary/aromatic N) is 1. The van der Waals surface area contributed by atoms with E-state index in [0.29, 0.717) is 21.4 Å². The maximum absolute atomic E-state index is 13.4. The van der Waals surface area contributed by atoms with Gasteiger partial charge in [0.25, 0.3) is 0 Å². The molecule has 1 N–H and O–H groups in total. The third kappa shape index (κ3) is 6.48. The van der Waals surface area contributed by atoms with Crippen LogP contribution in [0.2, 0.25) is 10.0 Å². The van der Waals surface area contributed by atoms with Crippen LogP contribution in [-0.2, 0) is 27.9 Å². The quantitative estimate of drug-likeness (QED) is 0.451. The standard InChI is InChI=1S/C24H24Cl2N2O4S/c1-17-6-12-20(13-7-17)33(30,31)28(15-21-22(25)4-3-5-23(21)26)16-24(29)27-14-18-8-10-19(32-2)11-9-18/h3-13H,14-16H2,1-2H3,(H,27,29). The van der Waals surface area contributed by atoms with E-state index in [0.717, 1.165) is 15.4 Å². The van der Waals surface area contributed by atoms with E-state index < -0.39 is 22.5 Å². The summed E-state index contributed by atoms with van der Waals surface area (Å²) in [6, 6.07) is 18.6. The van der Waals surface area contributed by atoms with Gasteiger partial charge < -0.3 is 10.1 Å². The van der Waals surface area contributed by atoms with Gasteiger partial charge in [0.05, 0.1) is 18.6 Å². The second-order valence-electron chi connectivity index (χ2n) is 7.41. The van der Waals surface area contributed by atoms with Gasteiger partial charge in [-0.15, -0.1) is 0 Å². The van der Waals surface area contributed by atoms with E-state index in [4.69, 9.17) is 27.9 Å². The van der Waals surface area contributed by atoms with Crippen LogP contribution in [0.3, 0.4) is 0 Å². The van der Waals surface area contributed by atoms with Crippen molar-refractivity contribution in [3.63, 3.8) is 0 Å². The molecule has 0 aliphatic heterocycles. The second-order valence-corrected chi connectivity index (χ2v) is 10.2. The van der Waals surface area contributed by atoms with E-state index in [-0.39, 0.29) is 18.0 Å². The number of carbonyl (C=O) groups is 1. The number of carbonyl (C=O) groups excluding carboxylic acids is 1. The van der Waals surface area contributed by atoms with E-state index in [9.17, 15) is 13.2 Å². The highest BCUT2D eigenvalue weighted by molar-refractivity contribution is 7.89. The number of rotatable bonds is 9. The Kier molecular flexibility index (Phi) is 8.37. The minimum Gasteiger partial charge on any atom is -0.497 e. The normalized spacial score (nSPS) is 11.4. The van der Waals surface area contributed by atoms with Gasteiger partial charge in [0.2, 0.25) is 15.9 Å². The third-order valence-corrected chi connectivity index (χ3v) is 7.54. The number of sulfonamides is 1. The van der Waals surface area contributed by atoms with E-state index in [2.05, 4.69) is 5.32 Å². The molecule has 33 heavy (non-hydrogen) atoms. The average molecular weight is 507 g/mol. The summed E-state index contributed by atoms with van der Waals surface area (Å²) in [6.07, 6.45) is 0. The summed E-state index contributed by atoms with van der Waals surface area (Å²) in [5, 5.41) is 3.41. The molecular formula is C24H24Cl2N2O4S. The largest absolute Gasteiger partial charge is 0.497 e. The van der Waals surface area contributed by atoms with Gasteiger partial charge in [-0.2, -0.15) is 4.31 Å². The summed E-state index contributed by atoms with van der Waals surface area (Å²) >= 11 is 12.6. The summed E-state index contributed by atoms with van der Waals surface area (Å²) < 4.78 is 33.0. The fourth-order valence-electron chi connectivity index (χ4n) is 3.11. The first-order valence-corrected chi connectivity index (χ1v) is 12.3. The van der Waals surface area contributed by atoms with Crippen LogP contribution in [0.15, 0.2) is 71.6 Å². The van der Waals surface area contributed by atoms with Gasteiger partial charge in [-0.25, -0.2) is 8.42 Å². The molecule has 0 aliphatic rings. The van der Waals surface area contributed by atoms with Crippen LogP contribution < -0.4 is 10.1 Å². The zero-order valence-corrected chi connectivity index (χ0v) is 20.5. The Morgan fingerprint density at radius 1 is 0.970 bits per heavy atom. The molecular weight excluding hydrogens is 483 g/mol. The molecule has 0 radical (unpaired) electrons. The predicted octanol–water partition coefficient (Wildman–Crippen LogP) is 4.82. The van der Waals surface area contributed by atoms with Gasteiger partial charge in [-0.1, -0.05) is 59.1 Å².